The van der Waals surface area contributed by atoms with Crippen LogP contribution in [0.3, 0.4) is 0 Å². The molecule has 5 rings (SSSR count). The second-order valence-electron chi connectivity index (χ2n) is 7.24. The van der Waals surface area contributed by atoms with Crippen molar-refractivity contribution in [3.63, 3.8) is 0 Å². The molecule has 2 aromatic heterocycles. The van der Waals surface area contributed by atoms with Crippen LogP contribution in [0.4, 0.5) is 10.1 Å². The predicted molar refractivity (Wildman–Crippen MR) is 112 cm³/mol. The standard InChI is InChI=1S/C22H20FN5O3/c23-18-12-17(5-6-21(18)27-7-9-30-10-8-27)28-13-16(25-26-28)14-31-22(29)20-11-15-3-1-2-4-19(15)24-20/h1-6,11-13,24H,7-10,14H2. The first-order valence-electron chi connectivity index (χ1n) is 9.96. The summed E-state index contributed by atoms with van der Waals surface area (Å²) in [6, 6.07) is 14.3. The van der Waals surface area contributed by atoms with Crippen LogP contribution in [0.15, 0.2) is 54.7 Å². The Morgan fingerprint density at radius 3 is 2.81 bits per heavy atom. The predicted octanol–water partition coefficient (Wildman–Crippen LogP) is 3.08. The summed E-state index contributed by atoms with van der Waals surface area (Å²) < 4.78 is 26.7. The molecule has 0 unspecified atom stereocenters. The number of halogens is 1. The average Bonchev–Trinajstić information content (AvgIpc) is 3.45. The van der Waals surface area contributed by atoms with Crippen molar-refractivity contribution >= 4 is 22.6 Å². The van der Waals surface area contributed by atoms with Gasteiger partial charge in [-0.3, -0.25) is 0 Å². The zero-order valence-corrected chi connectivity index (χ0v) is 16.6. The van der Waals surface area contributed by atoms with Crippen molar-refractivity contribution in [1.29, 1.82) is 0 Å². The van der Waals surface area contributed by atoms with E-state index >= 15 is 0 Å². The molecular weight excluding hydrogens is 401 g/mol. The van der Waals surface area contributed by atoms with Gasteiger partial charge in [-0.1, -0.05) is 23.4 Å². The normalized spacial score (nSPS) is 14.2. The SMILES string of the molecule is O=C(OCc1cn(-c2ccc(N3CCOCC3)c(F)c2)nn1)c1cc2ccccc2[nH]1. The number of carbonyl (C=O) groups excluding carboxylic acids is 1. The van der Waals surface area contributed by atoms with Gasteiger partial charge in [-0.15, -0.1) is 5.10 Å². The number of anilines is 1. The van der Waals surface area contributed by atoms with Gasteiger partial charge in [0.2, 0.25) is 0 Å². The zero-order chi connectivity index (χ0) is 21.2. The minimum absolute atomic E-state index is 0.0391. The third-order valence-electron chi connectivity index (χ3n) is 5.19. The summed E-state index contributed by atoms with van der Waals surface area (Å²) in [4.78, 5) is 17.3. The molecule has 1 aliphatic heterocycles. The van der Waals surface area contributed by atoms with E-state index in [-0.39, 0.29) is 12.4 Å². The second kappa shape index (κ2) is 8.19. The van der Waals surface area contributed by atoms with E-state index < -0.39 is 5.97 Å². The van der Waals surface area contributed by atoms with Crippen molar-refractivity contribution in [3.05, 3.63) is 71.9 Å². The molecule has 1 fully saturated rings. The van der Waals surface area contributed by atoms with Gasteiger partial charge in [-0.25, -0.2) is 13.9 Å². The Hall–Kier alpha value is -3.72. The van der Waals surface area contributed by atoms with Crippen LogP contribution in [-0.2, 0) is 16.1 Å². The summed E-state index contributed by atoms with van der Waals surface area (Å²) >= 11 is 0. The van der Waals surface area contributed by atoms with Gasteiger partial charge in [0, 0.05) is 30.1 Å². The zero-order valence-electron chi connectivity index (χ0n) is 16.6. The number of carbonyl (C=O) groups is 1. The molecule has 0 amide bonds. The fraction of sp³-hybridized carbons (Fsp3) is 0.227. The number of rotatable bonds is 5. The molecule has 0 aliphatic carbocycles. The van der Waals surface area contributed by atoms with E-state index in [0.29, 0.717) is 49.1 Å². The lowest BCUT2D eigenvalue weighted by atomic mass is 10.2. The monoisotopic (exact) mass is 421 g/mol. The highest BCUT2D eigenvalue weighted by Gasteiger charge is 2.17. The summed E-state index contributed by atoms with van der Waals surface area (Å²) in [5.41, 5.74) is 2.77. The third-order valence-corrected chi connectivity index (χ3v) is 5.19. The molecule has 0 bridgehead atoms. The van der Waals surface area contributed by atoms with Crippen molar-refractivity contribution in [3.8, 4) is 5.69 Å². The number of nitrogens with one attached hydrogen (secondary N) is 1. The molecule has 0 radical (unpaired) electrons. The lowest BCUT2D eigenvalue weighted by molar-refractivity contribution is 0.0462. The molecule has 4 aromatic rings. The molecule has 1 saturated heterocycles. The number of benzene rings is 2. The lowest BCUT2D eigenvalue weighted by Crippen LogP contribution is -2.36. The summed E-state index contributed by atoms with van der Waals surface area (Å²) in [7, 11) is 0. The largest absolute Gasteiger partial charge is 0.454 e. The number of hydrogen-bond acceptors (Lipinski definition) is 6. The fourth-order valence-electron chi connectivity index (χ4n) is 3.59. The summed E-state index contributed by atoms with van der Waals surface area (Å²) in [5, 5.41) is 8.97. The van der Waals surface area contributed by atoms with Crippen LogP contribution in [0.2, 0.25) is 0 Å². The number of esters is 1. The second-order valence-corrected chi connectivity index (χ2v) is 7.24. The van der Waals surface area contributed by atoms with Gasteiger partial charge >= 0.3 is 5.97 Å². The van der Waals surface area contributed by atoms with Crippen molar-refractivity contribution in [2.45, 2.75) is 6.61 Å². The molecule has 0 atom stereocenters. The molecule has 1 aliphatic rings. The maximum absolute atomic E-state index is 14.6. The van der Waals surface area contributed by atoms with Gasteiger partial charge in [0.05, 0.1) is 30.8 Å². The molecule has 158 valence electrons. The van der Waals surface area contributed by atoms with E-state index in [1.165, 1.54) is 10.7 Å². The molecule has 0 spiro atoms. The number of ether oxygens (including phenoxy) is 2. The number of morpholine rings is 1. The molecule has 1 N–H and O–H groups in total. The number of fused-ring (bicyclic) bond motifs is 1. The Kier molecular flexibility index (Phi) is 5.09. The first kappa shape index (κ1) is 19.3. The van der Waals surface area contributed by atoms with E-state index in [1.807, 2.05) is 29.2 Å². The summed E-state index contributed by atoms with van der Waals surface area (Å²) in [6.45, 7) is 2.45. The Balaban J connectivity index is 1.25. The van der Waals surface area contributed by atoms with E-state index in [0.717, 1.165) is 10.9 Å². The Bertz CT molecular complexity index is 1200. The summed E-state index contributed by atoms with van der Waals surface area (Å²) in [5.74, 6) is -0.812. The Morgan fingerprint density at radius 1 is 1.16 bits per heavy atom. The molecule has 2 aromatic carbocycles. The average molecular weight is 421 g/mol. The highest BCUT2D eigenvalue weighted by atomic mass is 19.1. The minimum Gasteiger partial charge on any atom is -0.454 e. The number of nitrogens with zero attached hydrogens (tertiary/aromatic N) is 4. The van der Waals surface area contributed by atoms with E-state index in [1.54, 1.807) is 24.4 Å². The quantitative estimate of drug-likeness (QED) is 0.499. The van der Waals surface area contributed by atoms with E-state index in [2.05, 4.69) is 15.3 Å². The maximum atomic E-state index is 14.6. The van der Waals surface area contributed by atoms with Crippen LogP contribution >= 0.6 is 0 Å². The topological polar surface area (TPSA) is 85.3 Å². The number of aromatic amines is 1. The molecular formula is C22H20FN5O3. The van der Waals surface area contributed by atoms with Gasteiger partial charge in [0.15, 0.2) is 0 Å². The maximum Gasteiger partial charge on any atom is 0.355 e. The number of hydrogen-bond donors (Lipinski definition) is 1. The van der Waals surface area contributed by atoms with Crippen molar-refractivity contribution in [2.75, 3.05) is 31.2 Å². The van der Waals surface area contributed by atoms with Gasteiger partial charge in [0.1, 0.15) is 23.8 Å². The van der Waals surface area contributed by atoms with Gasteiger partial charge in [-0.05, 0) is 24.3 Å². The van der Waals surface area contributed by atoms with E-state index in [4.69, 9.17) is 9.47 Å². The number of para-hydroxylation sites is 1. The van der Waals surface area contributed by atoms with Crippen molar-refractivity contribution in [2.24, 2.45) is 0 Å². The van der Waals surface area contributed by atoms with Crippen LogP contribution < -0.4 is 4.90 Å². The third kappa shape index (κ3) is 3.99. The molecule has 31 heavy (non-hydrogen) atoms. The lowest BCUT2D eigenvalue weighted by Gasteiger charge is -2.29. The fourth-order valence-corrected chi connectivity index (χ4v) is 3.59. The number of aromatic nitrogens is 4. The van der Waals surface area contributed by atoms with E-state index in [9.17, 15) is 9.18 Å². The molecule has 3 heterocycles. The molecule has 0 saturated carbocycles. The van der Waals surface area contributed by atoms with Crippen LogP contribution in [0.1, 0.15) is 16.2 Å². The van der Waals surface area contributed by atoms with Crippen molar-refractivity contribution < 1.29 is 18.7 Å². The van der Waals surface area contributed by atoms with Gasteiger partial charge in [-0.2, -0.15) is 0 Å². The number of H-pyrrole nitrogens is 1. The van der Waals surface area contributed by atoms with Crippen LogP contribution in [0.25, 0.3) is 16.6 Å². The van der Waals surface area contributed by atoms with Gasteiger partial charge in [0.25, 0.3) is 0 Å². The van der Waals surface area contributed by atoms with Crippen LogP contribution in [0.5, 0.6) is 0 Å². The Morgan fingerprint density at radius 2 is 2.00 bits per heavy atom. The van der Waals surface area contributed by atoms with Gasteiger partial charge < -0.3 is 19.4 Å². The first-order chi connectivity index (χ1) is 15.2. The van der Waals surface area contributed by atoms with Crippen molar-refractivity contribution in [1.82, 2.24) is 20.0 Å². The highest BCUT2D eigenvalue weighted by molar-refractivity contribution is 5.94. The van der Waals surface area contributed by atoms with Crippen LogP contribution in [-0.4, -0.2) is 52.3 Å². The first-order valence-corrected chi connectivity index (χ1v) is 9.96. The molecule has 8 nitrogen and oxygen atoms in total. The Labute approximate surface area is 177 Å². The molecule has 9 heteroatoms. The highest BCUT2D eigenvalue weighted by Crippen LogP contribution is 2.23. The summed E-state index contributed by atoms with van der Waals surface area (Å²) in [6.07, 6.45) is 1.61. The van der Waals surface area contributed by atoms with Crippen LogP contribution in [0, 0.1) is 5.82 Å². The minimum atomic E-state index is -0.480. The smallest absolute Gasteiger partial charge is 0.355 e.